The maximum absolute atomic E-state index is 3.49. The van der Waals surface area contributed by atoms with Gasteiger partial charge in [-0.15, -0.1) is 0 Å². The molecular weight excluding hydrogens is 194 g/mol. The molecule has 0 unspecified atom stereocenters. The molecule has 1 nitrogen and oxygen atoms in total. The first kappa shape index (κ1) is 11.7. The average Bonchev–Trinajstić information content (AvgIpc) is 2.15. The van der Waals surface area contributed by atoms with E-state index in [1.807, 2.05) is 0 Å². The van der Waals surface area contributed by atoms with Crippen LogP contribution in [0.1, 0.15) is 51.3 Å². The molecule has 1 aromatic carbocycles. The molecule has 0 fully saturated rings. The summed E-state index contributed by atoms with van der Waals surface area (Å²) < 4.78 is 0. The smallest absolute Gasteiger partial charge is 0.0208 e. The molecule has 1 heterocycles. The molecule has 1 aliphatic rings. The molecule has 0 aliphatic carbocycles. The zero-order chi connectivity index (χ0) is 12.0. The third kappa shape index (κ3) is 2.01. The molecule has 0 aromatic heterocycles. The van der Waals surface area contributed by atoms with Crippen molar-refractivity contribution in [2.75, 3.05) is 6.54 Å². The molecule has 0 saturated carbocycles. The van der Waals surface area contributed by atoms with Crippen LogP contribution in [-0.2, 0) is 17.4 Å². The Morgan fingerprint density at radius 3 is 2.50 bits per heavy atom. The van der Waals surface area contributed by atoms with E-state index in [9.17, 15) is 0 Å². The molecule has 88 valence electrons. The second-order valence-corrected chi connectivity index (χ2v) is 6.61. The highest BCUT2D eigenvalue weighted by Crippen LogP contribution is 2.33. The topological polar surface area (TPSA) is 12.0 Å². The molecule has 0 spiro atoms. The van der Waals surface area contributed by atoms with Gasteiger partial charge in [-0.1, -0.05) is 52.8 Å². The van der Waals surface area contributed by atoms with Gasteiger partial charge < -0.3 is 5.32 Å². The summed E-state index contributed by atoms with van der Waals surface area (Å²) >= 11 is 0. The van der Waals surface area contributed by atoms with Crippen molar-refractivity contribution in [3.05, 3.63) is 34.9 Å². The monoisotopic (exact) mass is 217 g/mol. The molecule has 16 heavy (non-hydrogen) atoms. The van der Waals surface area contributed by atoms with E-state index in [2.05, 4.69) is 58.1 Å². The number of hydrogen-bond acceptors (Lipinski definition) is 1. The molecule has 2 rings (SSSR count). The maximum atomic E-state index is 3.49. The van der Waals surface area contributed by atoms with Crippen molar-refractivity contribution in [1.82, 2.24) is 5.32 Å². The Labute approximate surface area is 99.3 Å². The van der Waals surface area contributed by atoms with E-state index in [0.717, 1.165) is 13.1 Å². The lowest BCUT2D eigenvalue weighted by atomic mass is 9.76. The summed E-state index contributed by atoms with van der Waals surface area (Å²) in [4.78, 5) is 0. The van der Waals surface area contributed by atoms with E-state index in [1.54, 1.807) is 0 Å². The molecular formula is C15H23N. The Morgan fingerprint density at radius 2 is 1.88 bits per heavy atom. The van der Waals surface area contributed by atoms with Gasteiger partial charge in [0.1, 0.15) is 0 Å². The van der Waals surface area contributed by atoms with Gasteiger partial charge in [0, 0.05) is 18.5 Å². The Balaban J connectivity index is 2.52. The molecule has 1 aromatic rings. The van der Waals surface area contributed by atoms with Crippen molar-refractivity contribution < 1.29 is 0 Å². The third-order valence-electron chi connectivity index (χ3n) is 3.59. The Hall–Kier alpha value is -0.820. The van der Waals surface area contributed by atoms with Crippen LogP contribution in [0.5, 0.6) is 0 Å². The first-order valence-corrected chi connectivity index (χ1v) is 6.15. The van der Waals surface area contributed by atoms with Crippen LogP contribution in [0.4, 0.5) is 0 Å². The van der Waals surface area contributed by atoms with Crippen molar-refractivity contribution >= 4 is 0 Å². The normalized spacial score (nSPS) is 19.3. The minimum atomic E-state index is 0.246. The molecule has 0 amide bonds. The Kier molecular flexibility index (Phi) is 2.62. The van der Waals surface area contributed by atoms with Crippen LogP contribution in [0, 0.1) is 0 Å². The van der Waals surface area contributed by atoms with Crippen molar-refractivity contribution in [2.24, 2.45) is 0 Å². The number of benzene rings is 1. The summed E-state index contributed by atoms with van der Waals surface area (Å²) in [7, 11) is 0. The van der Waals surface area contributed by atoms with Gasteiger partial charge in [0.15, 0.2) is 0 Å². The lowest BCUT2D eigenvalue weighted by molar-refractivity contribution is 0.433. The van der Waals surface area contributed by atoms with E-state index in [0.29, 0.717) is 0 Å². The van der Waals surface area contributed by atoms with Crippen LogP contribution < -0.4 is 5.32 Å². The Bertz CT molecular complexity index is 396. The van der Waals surface area contributed by atoms with E-state index >= 15 is 0 Å². The molecule has 0 bridgehead atoms. The minimum absolute atomic E-state index is 0.246. The van der Waals surface area contributed by atoms with Gasteiger partial charge in [0.2, 0.25) is 0 Å². The average molecular weight is 217 g/mol. The molecule has 1 N–H and O–H groups in total. The van der Waals surface area contributed by atoms with Crippen LogP contribution in [0.25, 0.3) is 0 Å². The first-order valence-electron chi connectivity index (χ1n) is 6.15. The SMILES string of the molecule is CC(C)(C)c1ccc2c(c1)C(C)(C)CNC2. The maximum Gasteiger partial charge on any atom is 0.0208 e. The van der Waals surface area contributed by atoms with Crippen LogP contribution in [0.3, 0.4) is 0 Å². The van der Waals surface area contributed by atoms with Gasteiger partial charge in [-0.3, -0.25) is 0 Å². The van der Waals surface area contributed by atoms with Crippen LogP contribution in [0.15, 0.2) is 18.2 Å². The summed E-state index contributed by atoms with van der Waals surface area (Å²) in [5.41, 5.74) is 4.94. The minimum Gasteiger partial charge on any atom is -0.312 e. The molecule has 1 heteroatoms. The third-order valence-corrected chi connectivity index (χ3v) is 3.59. The van der Waals surface area contributed by atoms with E-state index in [4.69, 9.17) is 0 Å². The van der Waals surface area contributed by atoms with Gasteiger partial charge in [-0.05, 0) is 22.1 Å². The highest BCUT2D eigenvalue weighted by Gasteiger charge is 2.28. The molecule has 0 atom stereocenters. The summed E-state index contributed by atoms with van der Waals surface area (Å²) in [6.45, 7) is 13.6. The van der Waals surface area contributed by atoms with Gasteiger partial charge in [0.05, 0.1) is 0 Å². The number of rotatable bonds is 0. The van der Waals surface area contributed by atoms with Crippen molar-refractivity contribution in [1.29, 1.82) is 0 Å². The number of nitrogens with one attached hydrogen (secondary N) is 1. The summed E-state index contributed by atoms with van der Waals surface area (Å²) in [5, 5.41) is 3.49. The fraction of sp³-hybridized carbons (Fsp3) is 0.600. The van der Waals surface area contributed by atoms with Crippen molar-refractivity contribution in [3.8, 4) is 0 Å². The second kappa shape index (κ2) is 3.59. The zero-order valence-electron chi connectivity index (χ0n) is 11.1. The standard InChI is InChI=1S/C15H23N/c1-14(2,3)12-7-6-11-9-16-10-15(4,5)13(11)8-12/h6-8,16H,9-10H2,1-5H3. The van der Waals surface area contributed by atoms with Gasteiger partial charge in [-0.2, -0.15) is 0 Å². The second-order valence-electron chi connectivity index (χ2n) is 6.61. The van der Waals surface area contributed by atoms with E-state index < -0.39 is 0 Å². The lowest BCUT2D eigenvalue weighted by Crippen LogP contribution is -2.39. The fourth-order valence-electron chi connectivity index (χ4n) is 2.43. The summed E-state index contributed by atoms with van der Waals surface area (Å²) in [6.07, 6.45) is 0. The van der Waals surface area contributed by atoms with Gasteiger partial charge in [0.25, 0.3) is 0 Å². The largest absolute Gasteiger partial charge is 0.312 e. The molecule has 0 radical (unpaired) electrons. The highest BCUT2D eigenvalue weighted by atomic mass is 14.9. The van der Waals surface area contributed by atoms with E-state index in [-0.39, 0.29) is 10.8 Å². The van der Waals surface area contributed by atoms with Crippen LogP contribution in [0.2, 0.25) is 0 Å². The van der Waals surface area contributed by atoms with Crippen molar-refractivity contribution in [3.63, 3.8) is 0 Å². The molecule has 0 saturated heterocycles. The van der Waals surface area contributed by atoms with E-state index in [1.165, 1.54) is 16.7 Å². The van der Waals surface area contributed by atoms with Gasteiger partial charge in [-0.25, -0.2) is 0 Å². The van der Waals surface area contributed by atoms with Crippen molar-refractivity contribution in [2.45, 2.75) is 52.0 Å². The summed E-state index contributed by atoms with van der Waals surface area (Å²) in [5.74, 6) is 0. The fourth-order valence-corrected chi connectivity index (χ4v) is 2.43. The van der Waals surface area contributed by atoms with Crippen LogP contribution in [-0.4, -0.2) is 6.54 Å². The first-order chi connectivity index (χ1) is 7.31. The van der Waals surface area contributed by atoms with Crippen LogP contribution >= 0.6 is 0 Å². The zero-order valence-corrected chi connectivity index (χ0v) is 11.1. The Morgan fingerprint density at radius 1 is 1.19 bits per heavy atom. The number of fused-ring (bicyclic) bond motifs is 1. The quantitative estimate of drug-likeness (QED) is 0.702. The predicted octanol–water partition coefficient (Wildman–Crippen LogP) is 3.36. The molecule has 1 aliphatic heterocycles. The highest BCUT2D eigenvalue weighted by molar-refractivity contribution is 5.41. The predicted molar refractivity (Wildman–Crippen MR) is 69.9 cm³/mol. The van der Waals surface area contributed by atoms with Gasteiger partial charge >= 0.3 is 0 Å². The lowest BCUT2D eigenvalue weighted by Gasteiger charge is -2.34. The summed E-state index contributed by atoms with van der Waals surface area (Å²) in [6, 6.07) is 6.99. The number of hydrogen-bond donors (Lipinski definition) is 1.